The van der Waals surface area contributed by atoms with Crippen LogP contribution in [0.15, 0.2) is 24.3 Å². The van der Waals surface area contributed by atoms with Gasteiger partial charge in [-0.3, -0.25) is 9.58 Å². The van der Waals surface area contributed by atoms with Gasteiger partial charge in [-0.1, -0.05) is 6.07 Å². The number of hydrogen-bond acceptors (Lipinski definition) is 7. The van der Waals surface area contributed by atoms with Crippen LogP contribution in [0.5, 0.6) is 11.5 Å². The average Bonchev–Trinajstić information content (AvgIpc) is 3.09. The van der Waals surface area contributed by atoms with E-state index >= 15 is 0 Å². The largest absolute Gasteiger partial charge is 0.493 e. The van der Waals surface area contributed by atoms with Crippen molar-refractivity contribution in [2.45, 2.75) is 33.0 Å². The van der Waals surface area contributed by atoms with Crippen LogP contribution >= 0.6 is 0 Å². The monoisotopic (exact) mass is 445 g/mol. The van der Waals surface area contributed by atoms with Crippen molar-refractivity contribution < 1.29 is 14.6 Å². The Labute approximate surface area is 192 Å². The number of aromatic nitrogens is 2. The van der Waals surface area contributed by atoms with Crippen LogP contribution in [0.4, 0.5) is 0 Å². The minimum absolute atomic E-state index is 0.250. The molecule has 1 aromatic carbocycles. The number of hydrogen-bond donors (Lipinski definition) is 1. The van der Waals surface area contributed by atoms with E-state index in [2.05, 4.69) is 57.6 Å². The van der Waals surface area contributed by atoms with Gasteiger partial charge < -0.3 is 24.4 Å². The Morgan fingerprint density at radius 1 is 1.12 bits per heavy atom. The first-order chi connectivity index (χ1) is 15.3. The van der Waals surface area contributed by atoms with Gasteiger partial charge >= 0.3 is 0 Å². The van der Waals surface area contributed by atoms with Crippen molar-refractivity contribution in [2.75, 3.05) is 67.1 Å². The molecule has 0 unspecified atom stereocenters. The molecule has 0 bridgehead atoms. The topological polar surface area (TPSA) is 66.2 Å². The molecule has 0 aliphatic carbocycles. The second kappa shape index (κ2) is 11.7. The first-order valence-electron chi connectivity index (χ1n) is 11.4. The van der Waals surface area contributed by atoms with E-state index in [-0.39, 0.29) is 6.61 Å². The van der Waals surface area contributed by atoms with Crippen LogP contribution < -0.4 is 9.47 Å². The van der Waals surface area contributed by atoms with Crippen LogP contribution in [-0.4, -0.2) is 103 Å². The third kappa shape index (κ3) is 7.20. The van der Waals surface area contributed by atoms with E-state index in [1.165, 1.54) is 5.69 Å². The summed E-state index contributed by atoms with van der Waals surface area (Å²) in [6.07, 6.45) is -0.532. The molecule has 3 rings (SSSR count). The number of ether oxygens (including phenoxy) is 2. The summed E-state index contributed by atoms with van der Waals surface area (Å²) in [6.45, 7) is 11.6. The standard InChI is InChI=1S/C24H39N5O3/c1-19-14-20(2)29(25-19)13-10-27(4)16-21-6-7-23(31-5)24(15-21)32-18-22(30)17-28-11-8-26(3)9-12-28/h6-7,14-15,22,30H,8-13,16-18H2,1-5H3/t22-/m0/s1. The molecule has 0 saturated carbocycles. The van der Waals surface area contributed by atoms with Crippen LogP contribution in [0.1, 0.15) is 17.0 Å². The van der Waals surface area contributed by atoms with Crippen molar-refractivity contribution in [2.24, 2.45) is 0 Å². The summed E-state index contributed by atoms with van der Waals surface area (Å²) in [5.74, 6) is 1.36. The van der Waals surface area contributed by atoms with Gasteiger partial charge in [0.25, 0.3) is 0 Å². The third-order valence-corrected chi connectivity index (χ3v) is 5.97. The first-order valence-corrected chi connectivity index (χ1v) is 11.4. The fraction of sp³-hybridized carbons (Fsp3) is 0.625. The molecule has 0 spiro atoms. The average molecular weight is 446 g/mol. The molecule has 8 heteroatoms. The third-order valence-electron chi connectivity index (χ3n) is 5.97. The minimum atomic E-state index is -0.532. The highest BCUT2D eigenvalue weighted by Gasteiger charge is 2.18. The number of methoxy groups -OCH3 is 1. The predicted octanol–water partition coefficient (Wildman–Crippen LogP) is 1.63. The van der Waals surface area contributed by atoms with Crippen LogP contribution in [0.25, 0.3) is 0 Å². The van der Waals surface area contributed by atoms with Crippen molar-refractivity contribution in [3.05, 3.63) is 41.2 Å². The van der Waals surface area contributed by atoms with Crippen molar-refractivity contribution >= 4 is 0 Å². The zero-order chi connectivity index (χ0) is 23.1. The van der Waals surface area contributed by atoms with E-state index in [1.54, 1.807) is 7.11 Å². The van der Waals surface area contributed by atoms with Crippen LogP contribution in [-0.2, 0) is 13.1 Å². The summed E-state index contributed by atoms with van der Waals surface area (Å²) < 4.78 is 13.5. The number of aliphatic hydroxyl groups is 1. The fourth-order valence-electron chi connectivity index (χ4n) is 4.06. The Hall–Kier alpha value is -2.13. The van der Waals surface area contributed by atoms with E-state index in [9.17, 15) is 5.11 Å². The van der Waals surface area contributed by atoms with Gasteiger partial charge in [-0.15, -0.1) is 0 Å². The molecule has 1 aliphatic rings. The Kier molecular flexibility index (Phi) is 8.92. The number of aliphatic hydroxyl groups excluding tert-OH is 1. The Bertz CT molecular complexity index is 848. The lowest BCUT2D eigenvalue weighted by molar-refractivity contribution is 0.0497. The second-order valence-corrected chi connectivity index (χ2v) is 8.94. The van der Waals surface area contributed by atoms with Gasteiger partial charge in [0, 0.05) is 51.5 Å². The lowest BCUT2D eigenvalue weighted by Crippen LogP contribution is -2.47. The molecule has 0 radical (unpaired) electrons. The molecule has 1 atom stereocenters. The summed E-state index contributed by atoms with van der Waals surface area (Å²) in [5.41, 5.74) is 3.38. The van der Waals surface area contributed by atoms with Gasteiger partial charge in [0.2, 0.25) is 0 Å². The smallest absolute Gasteiger partial charge is 0.161 e. The molecular formula is C24H39N5O3. The molecular weight excluding hydrogens is 406 g/mol. The first kappa shape index (κ1) is 24.5. The lowest BCUT2D eigenvalue weighted by Gasteiger charge is -2.33. The molecule has 1 N–H and O–H groups in total. The van der Waals surface area contributed by atoms with E-state index in [0.29, 0.717) is 18.0 Å². The number of β-amino-alcohol motifs (C(OH)–C–C–N with tert-alkyl or cyclic N) is 1. The number of benzene rings is 1. The number of nitrogens with zero attached hydrogens (tertiary/aromatic N) is 5. The molecule has 1 saturated heterocycles. The molecule has 32 heavy (non-hydrogen) atoms. The Morgan fingerprint density at radius 3 is 2.53 bits per heavy atom. The van der Waals surface area contributed by atoms with Crippen LogP contribution in [0, 0.1) is 13.8 Å². The zero-order valence-electron chi connectivity index (χ0n) is 20.3. The van der Waals surface area contributed by atoms with Crippen molar-refractivity contribution in [1.29, 1.82) is 0 Å². The molecule has 1 aliphatic heterocycles. The maximum Gasteiger partial charge on any atom is 0.161 e. The van der Waals surface area contributed by atoms with E-state index in [1.807, 2.05) is 19.1 Å². The van der Waals surface area contributed by atoms with Gasteiger partial charge in [0.05, 0.1) is 19.3 Å². The normalized spacial score (nSPS) is 16.5. The number of likely N-dealkylation sites (N-methyl/N-ethyl adjacent to an activating group) is 2. The number of piperazine rings is 1. The van der Waals surface area contributed by atoms with Gasteiger partial charge in [0.1, 0.15) is 12.7 Å². The molecule has 2 aromatic rings. The second-order valence-electron chi connectivity index (χ2n) is 8.94. The number of aryl methyl sites for hydroxylation is 2. The lowest BCUT2D eigenvalue weighted by atomic mass is 10.2. The maximum atomic E-state index is 10.5. The predicted molar refractivity (Wildman–Crippen MR) is 126 cm³/mol. The summed E-state index contributed by atoms with van der Waals surface area (Å²) in [4.78, 5) is 6.87. The zero-order valence-corrected chi connectivity index (χ0v) is 20.3. The molecule has 2 heterocycles. The van der Waals surface area contributed by atoms with Crippen LogP contribution in [0.2, 0.25) is 0 Å². The van der Waals surface area contributed by atoms with Gasteiger partial charge in [-0.25, -0.2) is 0 Å². The Balaban J connectivity index is 1.51. The van der Waals surface area contributed by atoms with Crippen molar-refractivity contribution in [1.82, 2.24) is 24.5 Å². The maximum absolute atomic E-state index is 10.5. The quantitative estimate of drug-likeness (QED) is 0.564. The highest BCUT2D eigenvalue weighted by atomic mass is 16.5. The van der Waals surface area contributed by atoms with E-state index < -0.39 is 6.10 Å². The molecule has 1 fully saturated rings. The molecule has 1 aromatic heterocycles. The highest BCUT2D eigenvalue weighted by molar-refractivity contribution is 5.43. The highest BCUT2D eigenvalue weighted by Crippen LogP contribution is 2.28. The van der Waals surface area contributed by atoms with Gasteiger partial charge in [-0.05, 0) is 51.7 Å². The molecule has 178 valence electrons. The fourth-order valence-corrected chi connectivity index (χ4v) is 4.06. The molecule has 0 amide bonds. The summed E-state index contributed by atoms with van der Waals surface area (Å²) >= 11 is 0. The molecule has 8 nitrogen and oxygen atoms in total. The van der Waals surface area contributed by atoms with E-state index in [0.717, 1.165) is 57.1 Å². The van der Waals surface area contributed by atoms with E-state index in [4.69, 9.17) is 9.47 Å². The van der Waals surface area contributed by atoms with Crippen molar-refractivity contribution in [3.63, 3.8) is 0 Å². The van der Waals surface area contributed by atoms with Gasteiger partial charge in [0.15, 0.2) is 11.5 Å². The minimum Gasteiger partial charge on any atom is -0.493 e. The van der Waals surface area contributed by atoms with Crippen molar-refractivity contribution in [3.8, 4) is 11.5 Å². The summed E-state index contributed by atoms with van der Waals surface area (Å²) in [6, 6.07) is 8.12. The van der Waals surface area contributed by atoms with Crippen LogP contribution in [0.3, 0.4) is 0 Å². The Morgan fingerprint density at radius 2 is 1.88 bits per heavy atom. The van der Waals surface area contributed by atoms with Gasteiger partial charge in [-0.2, -0.15) is 5.10 Å². The summed E-state index contributed by atoms with van der Waals surface area (Å²) in [5, 5.41) is 15.0. The summed E-state index contributed by atoms with van der Waals surface area (Å²) in [7, 11) is 5.88. The number of rotatable bonds is 11. The SMILES string of the molecule is COc1ccc(CN(C)CCn2nc(C)cc2C)cc1OC[C@@H](O)CN1CCN(C)CC1.